The Labute approximate surface area is 203 Å². The summed E-state index contributed by atoms with van der Waals surface area (Å²) in [6.07, 6.45) is 2.04. The van der Waals surface area contributed by atoms with Crippen molar-refractivity contribution in [3.8, 4) is 5.06 Å². The molecule has 0 spiro atoms. The summed E-state index contributed by atoms with van der Waals surface area (Å²) in [7, 11) is 3.78. The standard InChI is InChI=1S/C20H22N4O3.C5H6OS/c1-23-11-13-24(14-12-23)19-4-2-3-16(21-19)9-10-18(25)15-5-7-17(8-6-15)22-20(26)27;1-6-5-3-2-4-7-5/h2-10,22H,11-14H2,1H3,(H,26,27);2-4H,1H3. The zero-order valence-electron chi connectivity index (χ0n) is 19.2. The molecule has 1 amide bonds. The fraction of sp³-hybridized carbons (Fsp3) is 0.240. The summed E-state index contributed by atoms with van der Waals surface area (Å²) < 4.78 is 4.87. The highest BCUT2D eigenvalue weighted by Crippen LogP contribution is 2.17. The van der Waals surface area contributed by atoms with E-state index in [1.54, 1.807) is 48.8 Å². The van der Waals surface area contributed by atoms with E-state index in [9.17, 15) is 9.59 Å². The van der Waals surface area contributed by atoms with E-state index < -0.39 is 6.09 Å². The van der Waals surface area contributed by atoms with Gasteiger partial charge in [-0.05, 0) is 73.1 Å². The lowest BCUT2D eigenvalue weighted by molar-refractivity contribution is 0.104. The molecule has 2 aromatic heterocycles. The third kappa shape index (κ3) is 7.72. The minimum atomic E-state index is -1.14. The van der Waals surface area contributed by atoms with Gasteiger partial charge in [0.2, 0.25) is 0 Å². The molecule has 1 saturated heterocycles. The van der Waals surface area contributed by atoms with Crippen molar-refractivity contribution >= 4 is 40.8 Å². The molecule has 0 bridgehead atoms. The van der Waals surface area contributed by atoms with Crippen LogP contribution < -0.4 is 15.0 Å². The Bertz CT molecular complexity index is 1090. The molecule has 178 valence electrons. The Kier molecular flexibility index (Phi) is 9.19. The second-order valence-electron chi connectivity index (χ2n) is 7.55. The van der Waals surface area contributed by atoms with Crippen LogP contribution in [0.15, 0.2) is 66.1 Å². The number of nitrogens with zero attached hydrogens (tertiary/aromatic N) is 3. The third-order valence-electron chi connectivity index (χ3n) is 5.11. The number of pyridine rings is 1. The molecule has 0 radical (unpaired) electrons. The van der Waals surface area contributed by atoms with Gasteiger partial charge in [0.1, 0.15) is 5.82 Å². The number of piperazine rings is 1. The Balaban J connectivity index is 0.000000396. The number of hydrogen-bond donors (Lipinski definition) is 2. The maximum atomic E-state index is 12.3. The maximum Gasteiger partial charge on any atom is 0.409 e. The number of amides is 1. The number of aromatic nitrogens is 1. The van der Waals surface area contributed by atoms with Gasteiger partial charge in [-0.2, -0.15) is 0 Å². The molecule has 2 N–H and O–H groups in total. The van der Waals surface area contributed by atoms with Gasteiger partial charge < -0.3 is 19.6 Å². The molecular formula is C25H28N4O4S. The van der Waals surface area contributed by atoms with Gasteiger partial charge in [-0.3, -0.25) is 10.1 Å². The van der Waals surface area contributed by atoms with E-state index in [0.717, 1.165) is 42.8 Å². The summed E-state index contributed by atoms with van der Waals surface area (Å²) in [5, 5.41) is 13.9. The second kappa shape index (κ2) is 12.5. The van der Waals surface area contributed by atoms with Crippen LogP contribution in [0, 0.1) is 0 Å². The molecule has 8 nitrogen and oxygen atoms in total. The first kappa shape index (κ1) is 24.9. The molecule has 9 heteroatoms. The number of hydrogen-bond acceptors (Lipinski definition) is 7. The first-order chi connectivity index (χ1) is 16.4. The second-order valence-corrected chi connectivity index (χ2v) is 8.46. The van der Waals surface area contributed by atoms with E-state index in [4.69, 9.17) is 9.84 Å². The summed E-state index contributed by atoms with van der Waals surface area (Å²) in [6.45, 7) is 3.89. The minimum Gasteiger partial charge on any atom is -0.487 e. The van der Waals surface area contributed by atoms with Crippen LogP contribution in [0.25, 0.3) is 6.08 Å². The van der Waals surface area contributed by atoms with Gasteiger partial charge in [-0.1, -0.05) is 6.07 Å². The van der Waals surface area contributed by atoms with Gasteiger partial charge >= 0.3 is 6.09 Å². The van der Waals surface area contributed by atoms with E-state index in [2.05, 4.69) is 27.1 Å². The van der Waals surface area contributed by atoms with Crippen molar-refractivity contribution in [3.63, 3.8) is 0 Å². The predicted octanol–water partition coefficient (Wildman–Crippen LogP) is 4.58. The Morgan fingerprint density at radius 1 is 1.06 bits per heavy atom. The van der Waals surface area contributed by atoms with E-state index in [1.165, 1.54) is 6.08 Å². The highest BCUT2D eigenvalue weighted by Gasteiger charge is 2.15. The largest absolute Gasteiger partial charge is 0.487 e. The monoisotopic (exact) mass is 480 g/mol. The number of nitrogens with one attached hydrogen (secondary N) is 1. The summed E-state index contributed by atoms with van der Waals surface area (Å²) in [6, 6.07) is 16.0. The van der Waals surface area contributed by atoms with Crippen molar-refractivity contribution in [2.24, 2.45) is 0 Å². The molecule has 1 aliphatic heterocycles. The van der Waals surface area contributed by atoms with Gasteiger partial charge in [0.15, 0.2) is 10.8 Å². The molecule has 0 atom stereocenters. The van der Waals surface area contributed by atoms with E-state index >= 15 is 0 Å². The fourth-order valence-corrected chi connectivity index (χ4v) is 3.77. The molecule has 4 rings (SSSR count). The molecule has 1 aromatic carbocycles. The molecule has 0 aliphatic carbocycles. The number of thiophene rings is 1. The first-order valence-corrected chi connectivity index (χ1v) is 11.6. The van der Waals surface area contributed by atoms with Crippen LogP contribution in [-0.4, -0.2) is 67.2 Å². The van der Waals surface area contributed by atoms with Crippen LogP contribution in [0.1, 0.15) is 16.1 Å². The zero-order chi connectivity index (χ0) is 24.3. The van der Waals surface area contributed by atoms with Crippen LogP contribution >= 0.6 is 11.3 Å². The highest BCUT2D eigenvalue weighted by molar-refractivity contribution is 7.11. The normalized spacial score (nSPS) is 13.8. The topological polar surface area (TPSA) is 95.0 Å². The van der Waals surface area contributed by atoms with Crippen LogP contribution in [0.3, 0.4) is 0 Å². The summed E-state index contributed by atoms with van der Waals surface area (Å²) in [5.41, 5.74) is 1.63. The van der Waals surface area contributed by atoms with Crippen molar-refractivity contribution in [1.82, 2.24) is 9.88 Å². The van der Waals surface area contributed by atoms with Crippen molar-refractivity contribution in [1.29, 1.82) is 0 Å². The molecule has 34 heavy (non-hydrogen) atoms. The van der Waals surface area contributed by atoms with Crippen LogP contribution in [0.2, 0.25) is 0 Å². The number of allylic oxidation sites excluding steroid dienone is 1. The average Bonchev–Trinajstić information content (AvgIpc) is 3.38. The Morgan fingerprint density at radius 2 is 1.79 bits per heavy atom. The van der Waals surface area contributed by atoms with Crippen LogP contribution in [0.4, 0.5) is 16.3 Å². The molecule has 0 saturated carbocycles. The van der Waals surface area contributed by atoms with Gasteiger partial charge in [-0.15, -0.1) is 11.3 Å². The lowest BCUT2D eigenvalue weighted by Crippen LogP contribution is -2.44. The summed E-state index contributed by atoms with van der Waals surface area (Å²) in [5.74, 6) is 0.755. The Morgan fingerprint density at radius 3 is 2.38 bits per heavy atom. The van der Waals surface area contributed by atoms with Crippen molar-refractivity contribution < 1.29 is 19.4 Å². The zero-order valence-corrected chi connectivity index (χ0v) is 20.0. The van der Waals surface area contributed by atoms with Gasteiger partial charge in [0, 0.05) is 37.4 Å². The lowest BCUT2D eigenvalue weighted by Gasteiger charge is -2.33. The SMILES string of the molecule is CN1CCN(c2cccc(C=CC(=O)c3ccc(NC(=O)O)cc3)n2)CC1.COc1cccs1. The number of methoxy groups -OCH3 is 1. The van der Waals surface area contributed by atoms with E-state index in [-0.39, 0.29) is 5.78 Å². The molecule has 3 aromatic rings. The first-order valence-electron chi connectivity index (χ1n) is 10.7. The van der Waals surface area contributed by atoms with E-state index in [1.807, 2.05) is 35.7 Å². The minimum absolute atomic E-state index is 0.163. The smallest absolute Gasteiger partial charge is 0.409 e. The molecule has 0 unspecified atom stereocenters. The Hall–Kier alpha value is -3.69. The molecule has 1 aliphatic rings. The van der Waals surface area contributed by atoms with Crippen LogP contribution in [0.5, 0.6) is 5.06 Å². The molecular weight excluding hydrogens is 452 g/mol. The number of benzene rings is 1. The lowest BCUT2D eigenvalue weighted by atomic mass is 10.1. The molecule has 1 fully saturated rings. The van der Waals surface area contributed by atoms with Gasteiger partial charge in [0.25, 0.3) is 0 Å². The predicted molar refractivity (Wildman–Crippen MR) is 136 cm³/mol. The number of ketones is 1. The molecule has 3 heterocycles. The number of carbonyl (C=O) groups excluding carboxylic acids is 1. The van der Waals surface area contributed by atoms with Crippen molar-refractivity contribution in [2.75, 3.05) is 50.6 Å². The van der Waals surface area contributed by atoms with Crippen molar-refractivity contribution in [3.05, 3.63) is 77.3 Å². The van der Waals surface area contributed by atoms with Crippen molar-refractivity contribution in [2.45, 2.75) is 0 Å². The summed E-state index contributed by atoms with van der Waals surface area (Å²) in [4.78, 5) is 32.1. The third-order valence-corrected chi connectivity index (χ3v) is 5.93. The van der Waals surface area contributed by atoms with Gasteiger partial charge in [0.05, 0.1) is 12.8 Å². The highest BCUT2D eigenvalue weighted by atomic mass is 32.1. The summed E-state index contributed by atoms with van der Waals surface area (Å²) >= 11 is 1.60. The fourth-order valence-electron chi connectivity index (χ4n) is 3.22. The number of likely N-dealkylation sites (N-methyl/N-ethyl adjacent to an activating group) is 1. The number of anilines is 2. The number of carboxylic acid groups (broad SMARTS) is 1. The maximum absolute atomic E-state index is 12.3. The van der Waals surface area contributed by atoms with E-state index in [0.29, 0.717) is 11.3 Å². The quantitative estimate of drug-likeness (QED) is 0.394. The average molecular weight is 481 g/mol. The van der Waals surface area contributed by atoms with Crippen LogP contribution in [-0.2, 0) is 0 Å². The number of ether oxygens (including phenoxy) is 1. The van der Waals surface area contributed by atoms with Gasteiger partial charge in [-0.25, -0.2) is 9.78 Å². The number of carbonyl (C=O) groups is 2. The number of rotatable bonds is 6.